The largest absolute Gasteiger partial charge is 0.349 e. The van der Waals surface area contributed by atoms with Gasteiger partial charge in [-0.1, -0.05) is 33.8 Å². The second kappa shape index (κ2) is 10.1. The summed E-state index contributed by atoms with van der Waals surface area (Å²) in [7, 11) is 0. The third-order valence-electron chi connectivity index (χ3n) is 6.22. The van der Waals surface area contributed by atoms with Gasteiger partial charge in [-0.25, -0.2) is 9.97 Å². The first-order valence-corrected chi connectivity index (χ1v) is 12.6. The molecule has 0 aliphatic carbocycles. The molecule has 0 saturated heterocycles. The first kappa shape index (κ1) is 24.7. The van der Waals surface area contributed by atoms with Crippen LogP contribution < -0.4 is 5.32 Å². The van der Waals surface area contributed by atoms with Gasteiger partial charge in [0.05, 0.1) is 27.2 Å². The molecule has 8 heteroatoms. The summed E-state index contributed by atoms with van der Waals surface area (Å²) in [5, 5.41) is 3.05. The van der Waals surface area contributed by atoms with E-state index in [9.17, 15) is 9.59 Å². The lowest BCUT2D eigenvalue weighted by Crippen LogP contribution is -2.41. The van der Waals surface area contributed by atoms with E-state index in [0.717, 1.165) is 17.0 Å². The van der Waals surface area contributed by atoms with Crippen molar-refractivity contribution in [3.63, 3.8) is 0 Å². The lowest BCUT2D eigenvalue weighted by Gasteiger charge is -2.27. The summed E-state index contributed by atoms with van der Waals surface area (Å²) >= 11 is 1.40. The van der Waals surface area contributed by atoms with E-state index in [1.165, 1.54) is 11.3 Å². The summed E-state index contributed by atoms with van der Waals surface area (Å²) in [4.78, 5) is 43.9. The summed E-state index contributed by atoms with van der Waals surface area (Å²) in [6, 6.07) is 9.57. The lowest BCUT2D eigenvalue weighted by molar-refractivity contribution is 0.0910. The van der Waals surface area contributed by atoms with Crippen LogP contribution in [-0.2, 0) is 6.42 Å². The van der Waals surface area contributed by atoms with Gasteiger partial charge in [0.15, 0.2) is 11.4 Å². The maximum Gasteiger partial charge on any atom is 0.255 e. The number of carbonyl (C=O) groups is 2. The van der Waals surface area contributed by atoms with Gasteiger partial charge in [0, 0.05) is 30.6 Å². The molecule has 2 N–H and O–H groups in total. The number of ketones is 1. The zero-order valence-corrected chi connectivity index (χ0v) is 21.6. The van der Waals surface area contributed by atoms with Crippen LogP contribution in [-0.4, -0.2) is 37.7 Å². The minimum absolute atomic E-state index is 0.0120. The van der Waals surface area contributed by atoms with Crippen molar-refractivity contribution >= 4 is 34.2 Å². The number of carbonyl (C=O) groups excluding carboxylic acids is 2. The first-order chi connectivity index (χ1) is 16.6. The fraction of sp³-hybridized carbons (Fsp3) is 0.370. The van der Waals surface area contributed by atoms with E-state index >= 15 is 0 Å². The lowest BCUT2D eigenvalue weighted by atomic mass is 9.88. The number of amides is 1. The van der Waals surface area contributed by atoms with Crippen molar-refractivity contribution in [3.8, 4) is 10.6 Å². The number of aromatic amines is 1. The first-order valence-electron chi connectivity index (χ1n) is 11.8. The summed E-state index contributed by atoms with van der Waals surface area (Å²) in [6.45, 7) is 10.3. The maximum absolute atomic E-state index is 12.9. The number of fused-ring (bicyclic) bond motifs is 1. The molecule has 0 fully saturated rings. The zero-order valence-electron chi connectivity index (χ0n) is 20.8. The molecule has 1 unspecified atom stereocenters. The highest BCUT2D eigenvalue weighted by atomic mass is 32.1. The summed E-state index contributed by atoms with van der Waals surface area (Å²) in [5.74, 6) is 0.112. The van der Waals surface area contributed by atoms with E-state index in [4.69, 9.17) is 4.98 Å². The summed E-state index contributed by atoms with van der Waals surface area (Å²) in [5.41, 5.74) is 3.10. The fourth-order valence-corrected chi connectivity index (χ4v) is 4.57. The van der Waals surface area contributed by atoms with Crippen molar-refractivity contribution in [3.05, 3.63) is 65.1 Å². The average Bonchev–Trinajstić information content (AvgIpc) is 3.46. The number of hydrogen-bond donors (Lipinski definition) is 2. The predicted octanol–water partition coefficient (Wildman–Crippen LogP) is 5.70. The number of aromatic nitrogens is 4. The third-order valence-corrected chi connectivity index (χ3v) is 7.37. The van der Waals surface area contributed by atoms with Gasteiger partial charge in [-0.15, -0.1) is 11.3 Å². The molecular formula is C27H31N5O2S. The second-order valence-corrected chi connectivity index (χ2v) is 11.2. The van der Waals surface area contributed by atoms with Crippen LogP contribution in [0.3, 0.4) is 0 Å². The fourth-order valence-electron chi connectivity index (χ4n) is 3.66. The van der Waals surface area contributed by atoms with Gasteiger partial charge in [-0.2, -0.15) is 0 Å². The number of thiophene rings is 1. The third kappa shape index (κ3) is 5.82. The van der Waals surface area contributed by atoms with Gasteiger partial charge >= 0.3 is 0 Å². The number of nitrogens with zero attached hydrogens (tertiary/aromatic N) is 3. The molecule has 4 aromatic heterocycles. The number of rotatable bonds is 8. The van der Waals surface area contributed by atoms with Gasteiger partial charge < -0.3 is 10.3 Å². The van der Waals surface area contributed by atoms with E-state index in [-0.39, 0.29) is 29.1 Å². The Bertz CT molecular complexity index is 1340. The molecule has 4 aromatic rings. The Morgan fingerprint density at radius 1 is 1.11 bits per heavy atom. The highest BCUT2D eigenvalue weighted by Gasteiger charge is 2.24. The normalized spacial score (nSPS) is 13.5. The Hall–Kier alpha value is -3.39. The molecule has 4 heterocycles. The standard InChI is InChI=1S/C27H31N5O2S/c1-16(12-18-8-6-7-11-28-18)13-21(33)23-10-9-22(35-23)20-15-30-25-24(32-20)19(14-29-25)26(34)31-17(2)27(3,4)5/h6-11,14-17H,12-13H2,1-5H3,(H,29,30)(H,31,34)/t16?,17-/m0/s1. The van der Waals surface area contributed by atoms with Crippen molar-refractivity contribution in [2.75, 3.05) is 0 Å². The molecular weight excluding hydrogens is 458 g/mol. The summed E-state index contributed by atoms with van der Waals surface area (Å²) in [6.07, 6.45) is 6.31. The van der Waals surface area contributed by atoms with Gasteiger partial charge in [0.2, 0.25) is 0 Å². The average molecular weight is 490 g/mol. The van der Waals surface area contributed by atoms with Crippen LogP contribution >= 0.6 is 11.3 Å². The molecule has 0 saturated carbocycles. The Labute approximate surface area is 209 Å². The Kier molecular flexibility index (Phi) is 7.12. The molecule has 35 heavy (non-hydrogen) atoms. The number of hydrogen-bond acceptors (Lipinski definition) is 6. The van der Waals surface area contributed by atoms with Gasteiger partial charge in [-0.05, 0) is 48.9 Å². The number of pyridine rings is 1. The summed E-state index contributed by atoms with van der Waals surface area (Å²) < 4.78 is 0. The van der Waals surface area contributed by atoms with E-state index < -0.39 is 0 Å². The maximum atomic E-state index is 12.9. The van der Waals surface area contributed by atoms with E-state index in [1.807, 2.05) is 37.3 Å². The van der Waals surface area contributed by atoms with Crippen molar-refractivity contribution < 1.29 is 9.59 Å². The van der Waals surface area contributed by atoms with E-state index in [1.54, 1.807) is 18.6 Å². The molecule has 0 radical (unpaired) electrons. The molecule has 0 aliphatic heterocycles. The Morgan fingerprint density at radius 3 is 2.63 bits per heavy atom. The van der Waals surface area contributed by atoms with E-state index in [2.05, 4.69) is 48.0 Å². The van der Waals surface area contributed by atoms with Crippen LogP contribution in [0, 0.1) is 11.3 Å². The van der Waals surface area contributed by atoms with Crippen molar-refractivity contribution in [2.45, 2.75) is 53.5 Å². The zero-order chi connectivity index (χ0) is 25.2. The molecule has 7 nitrogen and oxygen atoms in total. The molecule has 0 aliphatic rings. The minimum Gasteiger partial charge on any atom is -0.349 e. The van der Waals surface area contributed by atoms with Crippen LogP contribution in [0.4, 0.5) is 0 Å². The van der Waals surface area contributed by atoms with Crippen LogP contribution in [0.1, 0.15) is 66.8 Å². The highest BCUT2D eigenvalue weighted by molar-refractivity contribution is 7.17. The molecule has 1 amide bonds. The van der Waals surface area contributed by atoms with Crippen LogP contribution in [0.5, 0.6) is 0 Å². The second-order valence-electron chi connectivity index (χ2n) is 10.1. The predicted molar refractivity (Wildman–Crippen MR) is 140 cm³/mol. The van der Waals surface area contributed by atoms with Crippen LogP contribution in [0.2, 0.25) is 0 Å². The van der Waals surface area contributed by atoms with Crippen LogP contribution in [0.15, 0.2) is 48.9 Å². The number of H-pyrrole nitrogens is 1. The van der Waals surface area contributed by atoms with Gasteiger partial charge in [0.1, 0.15) is 5.52 Å². The Morgan fingerprint density at radius 2 is 1.91 bits per heavy atom. The van der Waals surface area contributed by atoms with E-state index in [0.29, 0.717) is 33.7 Å². The van der Waals surface area contributed by atoms with Crippen molar-refractivity contribution in [1.29, 1.82) is 0 Å². The minimum atomic E-state index is -0.186. The molecule has 0 aromatic carbocycles. The number of nitrogens with one attached hydrogen (secondary N) is 2. The monoisotopic (exact) mass is 489 g/mol. The van der Waals surface area contributed by atoms with Gasteiger partial charge in [-0.3, -0.25) is 14.6 Å². The SMILES string of the molecule is CC(CC(=O)c1ccc(-c2cnc3[nH]cc(C(=O)N[C@@H](C)C(C)(C)C)c3n2)s1)Cc1ccccn1. The molecule has 182 valence electrons. The smallest absolute Gasteiger partial charge is 0.255 e. The molecule has 4 rings (SSSR count). The highest BCUT2D eigenvalue weighted by Crippen LogP contribution is 2.30. The van der Waals surface area contributed by atoms with Crippen LogP contribution in [0.25, 0.3) is 21.7 Å². The van der Waals surface area contributed by atoms with Crippen molar-refractivity contribution in [2.24, 2.45) is 11.3 Å². The van der Waals surface area contributed by atoms with Crippen molar-refractivity contribution in [1.82, 2.24) is 25.3 Å². The quantitative estimate of drug-likeness (QED) is 0.309. The molecule has 0 spiro atoms. The Balaban J connectivity index is 1.49. The van der Waals surface area contributed by atoms with Gasteiger partial charge in [0.25, 0.3) is 5.91 Å². The molecule has 0 bridgehead atoms. The topological polar surface area (TPSA) is 101 Å². The number of Topliss-reactive ketones (excluding diaryl/α,β-unsaturated/α-hetero) is 1. The molecule has 2 atom stereocenters.